The number of amides is 1. The molecule has 0 aromatic heterocycles. The normalized spacial score (nSPS) is 19.2. The van der Waals surface area contributed by atoms with Crippen molar-refractivity contribution in [2.45, 2.75) is 53.5 Å². The molecule has 2 aliphatic carbocycles. The van der Waals surface area contributed by atoms with Crippen molar-refractivity contribution in [1.82, 2.24) is 10.6 Å². The van der Waals surface area contributed by atoms with Gasteiger partial charge in [0, 0.05) is 0 Å². The standard InChI is InChI=1S/C25H25F4N3O4S2/c26-18-5-3-17(4-6-18)22(25(28,29)37(34)20-9-7-19(27)8-10-20)31-21(14-38(35,36)13-16-1-2-16)23(33)32-24(15-30)11-12-24/h3-10,16,21-22,31H,1-2,11-14H2,(H,32,33)/t21?,22-,37?/m1/s1. The van der Waals surface area contributed by atoms with Crippen LogP contribution in [0.5, 0.6) is 0 Å². The SMILES string of the molecule is N#CC1(NC(=O)C(CS(=O)(=O)CC2CC2)N[C@H](c2ccc(F)cc2)C(F)(F)[S+]([O-])c2ccc(F)cc2)CC1. The molecule has 0 bridgehead atoms. The molecular weight excluding hydrogens is 546 g/mol. The maximum atomic E-state index is 15.9. The third-order valence-corrected chi connectivity index (χ3v) is 9.68. The van der Waals surface area contributed by atoms with Gasteiger partial charge in [-0.2, -0.15) is 14.0 Å². The van der Waals surface area contributed by atoms with E-state index in [9.17, 15) is 31.8 Å². The van der Waals surface area contributed by atoms with E-state index in [4.69, 9.17) is 0 Å². The first-order valence-electron chi connectivity index (χ1n) is 11.8. The quantitative estimate of drug-likeness (QED) is 0.298. The zero-order chi connectivity index (χ0) is 27.7. The van der Waals surface area contributed by atoms with E-state index < -0.39 is 72.1 Å². The van der Waals surface area contributed by atoms with Crippen LogP contribution in [-0.2, 0) is 25.8 Å². The largest absolute Gasteiger partial charge is 0.607 e. The third-order valence-electron chi connectivity index (χ3n) is 6.43. The number of rotatable bonds is 12. The van der Waals surface area contributed by atoms with Crippen LogP contribution in [0, 0.1) is 28.9 Å². The van der Waals surface area contributed by atoms with Crippen LogP contribution in [0.15, 0.2) is 53.4 Å². The van der Waals surface area contributed by atoms with Gasteiger partial charge in [-0.25, -0.2) is 17.2 Å². The molecule has 2 saturated carbocycles. The lowest BCUT2D eigenvalue weighted by Gasteiger charge is -2.32. The maximum absolute atomic E-state index is 15.9. The van der Waals surface area contributed by atoms with Crippen molar-refractivity contribution in [2.24, 2.45) is 5.92 Å². The molecule has 2 N–H and O–H groups in total. The van der Waals surface area contributed by atoms with Crippen molar-refractivity contribution in [2.75, 3.05) is 11.5 Å². The fourth-order valence-electron chi connectivity index (χ4n) is 3.94. The minimum Gasteiger partial charge on any atom is -0.607 e. The predicted molar refractivity (Wildman–Crippen MR) is 131 cm³/mol. The molecule has 1 amide bonds. The van der Waals surface area contributed by atoms with Crippen LogP contribution in [-0.4, -0.2) is 47.2 Å². The summed E-state index contributed by atoms with van der Waals surface area (Å²) in [5.74, 6) is -3.57. The zero-order valence-electron chi connectivity index (χ0n) is 20.0. The van der Waals surface area contributed by atoms with Crippen LogP contribution in [0.3, 0.4) is 0 Å². The average molecular weight is 572 g/mol. The molecule has 2 fully saturated rings. The smallest absolute Gasteiger partial charge is 0.431 e. The first-order valence-corrected chi connectivity index (χ1v) is 14.8. The van der Waals surface area contributed by atoms with Crippen molar-refractivity contribution >= 4 is 26.9 Å². The Morgan fingerprint density at radius 1 is 1.11 bits per heavy atom. The minimum atomic E-state index is -4.17. The maximum Gasteiger partial charge on any atom is 0.431 e. The van der Waals surface area contributed by atoms with Gasteiger partial charge in [0.05, 0.1) is 28.8 Å². The molecule has 2 aromatic rings. The molecule has 2 unspecified atom stereocenters. The Kier molecular flexibility index (Phi) is 8.09. The molecule has 7 nitrogen and oxygen atoms in total. The summed E-state index contributed by atoms with van der Waals surface area (Å²) in [6, 6.07) is 5.37. The number of alkyl halides is 2. The molecule has 13 heteroatoms. The van der Waals surface area contributed by atoms with E-state index in [1.807, 2.05) is 6.07 Å². The van der Waals surface area contributed by atoms with E-state index in [-0.39, 0.29) is 17.2 Å². The Morgan fingerprint density at radius 3 is 2.16 bits per heavy atom. The number of halogens is 4. The van der Waals surface area contributed by atoms with Crippen LogP contribution in [0.4, 0.5) is 17.6 Å². The number of nitrogens with one attached hydrogen (secondary N) is 2. The van der Waals surface area contributed by atoms with Crippen molar-refractivity contribution in [3.05, 3.63) is 65.7 Å². The van der Waals surface area contributed by atoms with Gasteiger partial charge in [0.1, 0.15) is 29.3 Å². The first kappa shape index (κ1) is 28.4. The summed E-state index contributed by atoms with van der Waals surface area (Å²) in [7, 11) is -3.89. The van der Waals surface area contributed by atoms with Gasteiger partial charge in [-0.05, 0) is 73.6 Å². The first-order chi connectivity index (χ1) is 17.8. The summed E-state index contributed by atoms with van der Waals surface area (Å²) in [5.41, 5.74) is -1.46. The highest BCUT2D eigenvalue weighted by Gasteiger charge is 2.55. The van der Waals surface area contributed by atoms with Gasteiger partial charge in [-0.1, -0.05) is 12.1 Å². The molecule has 0 saturated heterocycles. The fraction of sp³-hybridized carbons (Fsp3) is 0.440. The molecule has 204 valence electrons. The Hall–Kier alpha value is -2.66. The summed E-state index contributed by atoms with van der Waals surface area (Å²) < 4.78 is 97.3. The number of carbonyl (C=O) groups is 1. The number of hydrogen-bond donors (Lipinski definition) is 2. The molecular formula is C25H25F4N3O4S2. The van der Waals surface area contributed by atoms with Gasteiger partial charge in [0.25, 0.3) is 0 Å². The summed E-state index contributed by atoms with van der Waals surface area (Å²) >= 11 is -3.09. The Morgan fingerprint density at radius 2 is 1.66 bits per heavy atom. The average Bonchev–Trinajstić information content (AvgIpc) is 3.80. The number of benzene rings is 2. The summed E-state index contributed by atoms with van der Waals surface area (Å²) in [6.45, 7) is 0. The number of carbonyl (C=O) groups excluding carboxylic acids is 1. The van der Waals surface area contributed by atoms with E-state index in [0.29, 0.717) is 25.7 Å². The van der Waals surface area contributed by atoms with Gasteiger partial charge in [-0.15, -0.1) is 0 Å². The third kappa shape index (κ3) is 6.85. The van der Waals surface area contributed by atoms with Crippen LogP contribution in [0.2, 0.25) is 0 Å². The van der Waals surface area contributed by atoms with Crippen LogP contribution in [0.1, 0.15) is 37.3 Å². The lowest BCUT2D eigenvalue weighted by Crippen LogP contribution is -2.56. The summed E-state index contributed by atoms with van der Waals surface area (Å²) in [4.78, 5) is 12.7. The van der Waals surface area contributed by atoms with Gasteiger partial charge in [0.15, 0.2) is 14.7 Å². The molecule has 0 radical (unpaired) electrons. The lowest BCUT2D eigenvalue weighted by atomic mass is 10.1. The van der Waals surface area contributed by atoms with Gasteiger partial charge in [-0.3, -0.25) is 10.1 Å². The number of nitrogens with zero attached hydrogens (tertiary/aromatic N) is 1. The number of sulfone groups is 1. The highest BCUT2D eigenvalue weighted by molar-refractivity contribution is 7.92. The molecule has 0 spiro atoms. The van der Waals surface area contributed by atoms with E-state index in [0.717, 1.165) is 48.5 Å². The Bertz CT molecular complexity index is 1310. The van der Waals surface area contributed by atoms with E-state index >= 15 is 8.78 Å². The van der Waals surface area contributed by atoms with Crippen LogP contribution in [0.25, 0.3) is 0 Å². The Balaban J connectivity index is 1.69. The van der Waals surface area contributed by atoms with Gasteiger partial charge in [0.2, 0.25) is 5.91 Å². The summed E-state index contributed by atoms with van der Waals surface area (Å²) in [6.07, 6.45) is 2.05. The molecule has 3 atom stereocenters. The second kappa shape index (κ2) is 10.8. The van der Waals surface area contributed by atoms with Crippen LogP contribution >= 0.6 is 0 Å². The molecule has 38 heavy (non-hydrogen) atoms. The molecule has 4 rings (SSSR count). The van der Waals surface area contributed by atoms with Crippen molar-refractivity contribution < 1.29 is 35.3 Å². The van der Waals surface area contributed by atoms with Crippen LogP contribution < -0.4 is 10.6 Å². The van der Waals surface area contributed by atoms with Gasteiger partial charge < -0.3 is 9.87 Å². The van der Waals surface area contributed by atoms with Gasteiger partial charge >= 0.3 is 5.25 Å². The number of nitriles is 1. The molecule has 2 aliphatic rings. The number of hydrogen-bond acceptors (Lipinski definition) is 6. The lowest BCUT2D eigenvalue weighted by molar-refractivity contribution is -0.123. The molecule has 0 heterocycles. The van der Waals surface area contributed by atoms with Crippen molar-refractivity contribution in [1.29, 1.82) is 5.26 Å². The van der Waals surface area contributed by atoms with E-state index in [2.05, 4.69) is 10.6 Å². The fourth-order valence-corrected chi connectivity index (χ4v) is 7.00. The highest BCUT2D eigenvalue weighted by atomic mass is 32.2. The monoisotopic (exact) mass is 571 g/mol. The van der Waals surface area contributed by atoms with Crippen molar-refractivity contribution in [3.8, 4) is 6.07 Å². The topological polar surface area (TPSA) is 122 Å². The minimum absolute atomic E-state index is 0.0714. The second-order valence-corrected chi connectivity index (χ2v) is 13.4. The highest BCUT2D eigenvalue weighted by Crippen LogP contribution is 2.41. The second-order valence-electron chi connectivity index (χ2n) is 9.69. The molecule has 0 aliphatic heterocycles. The predicted octanol–water partition coefficient (Wildman–Crippen LogP) is 3.36. The van der Waals surface area contributed by atoms with E-state index in [1.165, 1.54) is 0 Å². The Labute approximate surface area is 220 Å². The van der Waals surface area contributed by atoms with Crippen molar-refractivity contribution in [3.63, 3.8) is 0 Å². The molecule has 2 aromatic carbocycles. The summed E-state index contributed by atoms with van der Waals surface area (Å²) in [5, 5.41) is 10.0. The zero-order valence-corrected chi connectivity index (χ0v) is 21.6. The van der Waals surface area contributed by atoms with E-state index in [1.54, 1.807) is 0 Å².